The minimum absolute atomic E-state index is 0.0332. The Kier molecular flexibility index (Phi) is 6.11. The smallest absolute Gasteiger partial charge is 0.306 e. The van der Waals surface area contributed by atoms with Gasteiger partial charge in [0.15, 0.2) is 0 Å². The summed E-state index contributed by atoms with van der Waals surface area (Å²) >= 11 is 0. The summed E-state index contributed by atoms with van der Waals surface area (Å²) in [5, 5.41) is 3.47. The molecule has 3 unspecified atom stereocenters. The lowest BCUT2D eigenvalue weighted by molar-refractivity contribution is -0.152. The van der Waals surface area contributed by atoms with Crippen molar-refractivity contribution in [2.24, 2.45) is 0 Å². The van der Waals surface area contributed by atoms with Crippen molar-refractivity contribution in [3.63, 3.8) is 0 Å². The largest absolute Gasteiger partial charge is 0.462 e. The summed E-state index contributed by atoms with van der Waals surface area (Å²) in [6.45, 7) is 1.10. The Morgan fingerprint density at radius 1 is 1.16 bits per heavy atom. The standard InChI is InChI=1S/C15H27NO3/c1-18-13-6-4-7-14(11-13)19-15(17)9-8-12-5-2-3-10-16-12/h12-14,16H,2-11H2,1H3. The molecule has 1 aliphatic heterocycles. The minimum Gasteiger partial charge on any atom is -0.462 e. The van der Waals surface area contributed by atoms with E-state index in [0.717, 1.165) is 38.6 Å². The van der Waals surface area contributed by atoms with E-state index in [-0.39, 0.29) is 18.2 Å². The molecule has 0 spiro atoms. The van der Waals surface area contributed by atoms with Crippen molar-refractivity contribution in [3.8, 4) is 0 Å². The number of methoxy groups -OCH3 is 1. The van der Waals surface area contributed by atoms with Crippen LogP contribution in [0.4, 0.5) is 0 Å². The molecule has 0 bridgehead atoms. The van der Waals surface area contributed by atoms with E-state index in [4.69, 9.17) is 9.47 Å². The highest BCUT2D eigenvalue weighted by molar-refractivity contribution is 5.69. The van der Waals surface area contributed by atoms with E-state index in [0.29, 0.717) is 12.5 Å². The maximum Gasteiger partial charge on any atom is 0.306 e. The predicted octanol–water partition coefficient (Wildman–Crippen LogP) is 2.41. The molecule has 0 amide bonds. The molecule has 1 heterocycles. The first kappa shape index (κ1) is 14.8. The number of ether oxygens (including phenoxy) is 2. The van der Waals surface area contributed by atoms with Crippen molar-refractivity contribution in [1.29, 1.82) is 0 Å². The average Bonchev–Trinajstić information content (AvgIpc) is 2.46. The Morgan fingerprint density at radius 2 is 2.00 bits per heavy atom. The summed E-state index contributed by atoms with van der Waals surface area (Å²) in [6, 6.07) is 0.513. The molecule has 4 heteroatoms. The summed E-state index contributed by atoms with van der Waals surface area (Å²) in [4.78, 5) is 11.9. The van der Waals surface area contributed by atoms with Gasteiger partial charge in [0, 0.05) is 26.0 Å². The number of rotatable bonds is 5. The molecule has 4 nitrogen and oxygen atoms in total. The molecule has 0 radical (unpaired) electrons. The van der Waals surface area contributed by atoms with Crippen molar-refractivity contribution < 1.29 is 14.3 Å². The summed E-state index contributed by atoms with van der Waals surface area (Å²) in [7, 11) is 1.74. The molecule has 1 aliphatic carbocycles. The predicted molar refractivity (Wildman–Crippen MR) is 74.0 cm³/mol. The van der Waals surface area contributed by atoms with Gasteiger partial charge in [-0.25, -0.2) is 0 Å². The SMILES string of the molecule is COC1CCCC(OC(=O)CCC2CCCCN2)C1. The molecule has 110 valence electrons. The third-order valence-electron chi connectivity index (χ3n) is 4.32. The fourth-order valence-corrected chi connectivity index (χ4v) is 3.13. The summed E-state index contributed by atoms with van der Waals surface area (Å²) < 4.78 is 10.9. The van der Waals surface area contributed by atoms with Gasteiger partial charge in [-0.3, -0.25) is 4.79 Å². The van der Waals surface area contributed by atoms with Gasteiger partial charge in [0.25, 0.3) is 0 Å². The summed E-state index contributed by atoms with van der Waals surface area (Å²) in [5.41, 5.74) is 0. The molecule has 0 aromatic rings. The van der Waals surface area contributed by atoms with E-state index in [1.807, 2.05) is 0 Å². The van der Waals surface area contributed by atoms with Crippen LogP contribution in [0.3, 0.4) is 0 Å². The quantitative estimate of drug-likeness (QED) is 0.779. The Hall–Kier alpha value is -0.610. The fraction of sp³-hybridized carbons (Fsp3) is 0.933. The van der Waals surface area contributed by atoms with Crippen molar-refractivity contribution >= 4 is 5.97 Å². The van der Waals surface area contributed by atoms with Gasteiger partial charge in [0.1, 0.15) is 6.10 Å². The molecule has 3 atom stereocenters. The van der Waals surface area contributed by atoms with E-state index in [1.54, 1.807) is 7.11 Å². The zero-order valence-corrected chi connectivity index (χ0v) is 12.0. The van der Waals surface area contributed by atoms with Gasteiger partial charge in [0.05, 0.1) is 6.10 Å². The third-order valence-corrected chi connectivity index (χ3v) is 4.32. The molecule has 2 fully saturated rings. The molecule has 1 N–H and O–H groups in total. The lowest BCUT2D eigenvalue weighted by Gasteiger charge is -2.28. The normalized spacial score (nSPS) is 31.9. The summed E-state index contributed by atoms with van der Waals surface area (Å²) in [6.07, 6.45) is 9.60. The van der Waals surface area contributed by atoms with Gasteiger partial charge in [-0.05, 0) is 45.1 Å². The second kappa shape index (κ2) is 7.85. The number of carbonyl (C=O) groups is 1. The first-order valence-corrected chi connectivity index (χ1v) is 7.73. The molecule has 2 aliphatic rings. The van der Waals surface area contributed by atoms with Crippen LogP contribution in [0.1, 0.15) is 57.8 Å². The highest BCUT2D eigenvalue weighted by Gasteiger charge is 2.25. The molecule has 0 aromatic carbocycles. The number of hydrogen-bond acceptors (Lipinski definition) is 4. The first-order chi connectivity index (χ1) is 9.28. The molecule has 1 saturated heterocycles. The molecular formula is C15H27NO3. The van der Waals surface area contributed by atoms with Crippen LogP contribution in [0.2, 0.25) is 0 Å². The van der Waals surface area contributed by atoms with Gasteiger partial charge in [-0.2, -0.15) is 0 Å². The first-order valence-electron chi connectivity index (χ1n) is 7.73. The maximum atomic E-state index is 11.9. The second-order valence-corrected chi connectivity index (χ2v) is 5.82. The van der Waals surface area contributed by atoms with Crippen molar-refractivity contribution in [2.45, 2.75) is 76.0 Å². The lowest BCUT2D eigenvalue weighted by Crippen LogP contribution is -2.35. The highest BCUT2D eigenvalue weighted by Crippen LogP contribution is 2.23. The molecule has 1 saturated carbocycles. The van der Waals surface area contributed by atoms with Crippen LogP contribution in [0, 0.1) is 0 Å². The third kappa shape index (κ3) is 5.11. The molecule has 2 rings (SSSR count). The molecular weight excluding hydrogens is 242 g/mol. The monoisotopic (exact) mass is 269 g/mol. The minimum atomic E-state index is -0.0332. The van der Waals surface area contributed by atoms with Gasteiger partial charge in [-0.15, -0.1) is 0 Å². The van der Waals surface area contributed by atoms with E-state index >= 15 is 0 Å². The lowest BCUT2D eigenvalue weighted by atomic mass is 9.95. The fourth-order valence-electron chi connectivity index (χ4n) is 3.13. The Labute approximate surface area is 116 Å². The topological polar surface area (TPSA) is 47.6 Å². The van der Waals surface area contributed by atoms with Crippen LogP contribution < -0.4 is 5.32 Å². The van der Waals surface area contributed by atoms with Gasteiger partial charge >= 0.3 is 5.97 Å². The van der Waals surface area contributed by atoms with E-state index < -0.39 is 0 Å². The maximum absolute atomic E-state index is 11.9. The van der Waals surface area contributed by atoms with Crippen LogP contribution in [0.25, 0.3) is 0 Å². The van der Waals surface area contributed by atoms with E-state index in [1.165, 1.54) is 19.3 Å². The second-order valence-electron chi connectivity index (χ2n) is 5.82. The zero-order chi connectivity index (χ0) is 13.5. The number of hydrogen-bond donors (Lipinski definition) is 1. The Bertz CT molecular complexity index is 277. The van der Waals surface area contributed by atoms with Crippen molar-refractivity contribution in [3.05, 3.63) is 0 Å². The summed E-state index contributed by atoms with van der Waals surface area (Å²) in [5.74, 6) is -0.0332. The van der Waals surface area contributed by atoms with Crippen molar-refractivity contribution in [1.82, 2.24) is 5.32 Å². The van der Waals surface area contributed by atoms with E-state index in [9.17, 15) is 4.79 Å². The Morgan fingerprint density at radius 3 is 2.74 bits per heavy atom. The van der Waals surface area contributed by atoms with Crippen LogP contribution in [-0.4, -0.2) is 37.9 Å². The van der Waals surface area contributed by atoms with E-state index in [2.05, 4.69) is 5.32 Å². The van der Waals surface area contributed by atoms with Gasteiger partial charge in [-0.1, -0.05) is 6.42 Å². The molecule has 0 aromatic heterocycles. The Balaban J connectivity index is 1.63. The number of piperidine rings is 1. The van der Waals surface area contributed by atoms with Crippen molar-refractivity contribution in [2.75, 3.05) is 13.7 Å². The van der Waals surface area contributed by atoms with Crippen LogP contribution in [0.5, 0.6) is 0 Å². The average molecular weight is 269 g/mol. The van der Waals surface area contributed by atoms with Gasteiger partial charge in [0.2, 0.25) is 0 Å². The van der Waals surface area contributed by atoms with Gasteiger partial charge < -0.3 is 14.8 Å². The van der Waals surface area contributed by atoms with Crippen LogP contribution >= 0.6 is 0 Å². The van der Waals surface area contributed by atoms with Crippen LogP contribution in [-0.2, 0) is 14.3 Å². The number of carbonyl (C=O) groups excluding carboxylic acids is 1. The van der Waals surface area contributed by atoms with Crippen LogP contribution in [0.15, 0.2) is 0 Å². The molecule has 19 heavy (non-hydrogen) atoms. The highest BCUT2D eigenvalue weighted by atomic mass is 16.5. The number of nitrogens with one attached hydrogen (secondary N) is 1. The zero-order valence-electron chi connectivity index (χ0n) is 12.0. The number of esters is 1.